The van der Waals surface area contributed by atoms with Gasteiger partial charge in [-0.3, -0.25) is 0 Å². The molecular weight excluding hydrogens is 398 g/mol. The lowest BCUT2D eigenvalue weighted by Gasteiger charge is -2.16. The van der Waals surface area contributed by atoms with Crippen LogP contribution < -0.4 is 10.1 Å². The first-order chi connectivity index (χ1) is 10.0. The van der Waals surface area contributed by atoms with Crippen LogP contribution in [0.15, 0.2) is 45.3 Å². The van der Waals surface area contributed by atoms with Crippen LogP contribution in [-0.2, 0) is 6.54 Å². The van der Waals surface area contributed by atoms with Crippen molar-refractivity contribution < 1.29 is 9.84 Å². The summed E-state index contributed by atoms with van der Waals surface area (Å²) in [6.45, 7) is 2.36. The van der Waals surface area contributed by atoms with E-state index < -0.39 is 6.10 Å². The quantitative estimate of drug-likeness (QED) is 0.732. The molecule has 2 N–H and O–H groups in total. The van der Waals surface area contributed by atoms with Crippen molar-refractivity contribution in [2.45, 2.75) is 19.6 Å². The lowest BCUT2D eigenvalue weighted by molar-refractivity contribution is 0.200. The molecule has 0 amide bonds. The van der Waals surface area contributed by atoms with E-state index in [0.29, 0.717) is 6.54 Å². The topological polar surface area (TPSA) is 41.5 Å². The highest BCUT2D eigenvalue weighted by atomic mass is 79.9. The van der Waals surface area contributed by atoms with E-state index in [1.54, 1.807) is 14.0 Å². The Morgan fingerprint density at radius 1 is 1.24 bits per heavy atom. The average molecular weight is 415 g/mol. The van der Waals surface area contributed by atoms with Gasteiger partial charge in [-0.15, -0.1) is 0 Å². The molecular formula is C16H17Br2NO2. The number of para-hydroxylation sites is 1. The number of nitrogens with one attached hydrogen (secondary N) is 1. The number of hydrogen-bond donors (Lipinski definition) is 2. The van der Waals surface area contributed by atoms with Gasteiger partial charge in [0, 0.05) is 27.8 Å². The van der Waals surface area contributed by atoms with Gasteiger partial charge in [-0.1, -0.05) is 34.1 Å². The number of benzene rings is 2. The van der Waals surface area contributed by atoms with Crippen LogP contribution >= 0.6 is 31.9 Å². The molecule has 0 aliphatic rings. The Kier molecular flexibility index (Phi) is 5.67. The van der Waals surface area contributed by atoms with Gasteiger partial charge >= 0.3 is 0 Å². The molecule has 3 nitrogen and oxygen atoms in total. The van der Waals surface area contributed by atoms with E-state index in [1.807, 2.05) is 36.4 Å². The first-order valence-electron chi connectivity index (χ1n) is 6.55. The van der Waals surface area contributed by atoms with Gasteiger partial charge in [0.15, 0.2) is 0 Å². The predicted molar refractivity (Wildman–Crippen MR) is 92.8 cm³/mol. The smallest absolute Gasteiger partial charge is 0.138 e. The van der Waals surface area contributed by atoms with Crippen LogP contribution in [0.2, 0.25) is 0 Å². The normalized spacial score (nSPS) is 12.0. The van der Waals surface area contributed by atoms with Crippen LogP contribution in [0.25, 0.3) is 0 Å². The maximum atomic E-state index is 9.81. The summed E-state index contributed by atoms with van der Waals surface area (Å²) in [5, 5.41) is 13.2. The van der Waals surface area contributed by atoms with Gasteiger partial charge in [0.25, 0.3) is 0 Å². The monoisotopic (exact) mass is 413 g/mol. The van der Waals surface area contributed by atoms with E-state index in [4.69, 9.17) is 4.74 Å². The maximum absolute atomic E-state index is 9.81. The molecule has 0 bridgehead atoms. The molecule has 21 heavy (non-hydrogen) atoms. The van der Waals surface area contributed by atoms with Gasteiger partial charge in [-0.2, -0.15) is 0 Å². The molecule has 112 valence electrons. The maximum Gasteiger partial charge on any atom is 0.138 e. The van der Waals surface area contributed by atoms with E-state index >= 15 is 0 Å². The fourth-order valence-electron chi connectivity index (χ4n) is 2.19. The average Bonchev–Trinajstić information content (AvgIpc) is 2.44. The van der Waals surface area contributed by atoms with Crippen LogP contribution in [0.4, 0.5) is 5.69 Å². The van der Waals surface area contributed by atoms with Crippen molar-refractivity contribution in [3.63, 3.8) is 0 Å². The van der Waals surface area contributed by atoms with E-state index in [1.165, 1.54) is 0 Å². The Balaban J connectivity index is 2.25. The molecule has 0 heterocycles. The van der Waals surface area contributed by atoms with Gasteiger partial charge in [0.1, 0.15) is 5.75 Å². The number of methoxy groups -OCH3 is 1. The van der Waals surface area contributed by atoms with E-state index in [0.717, 1.165) is 31.5 Å². The van der Waals surface area contributed by atoms with Crippen LogP contribution in [0, 0.1) is 0 Å². The molecule has 0 saturated carbocycles. The largest absolute Gasteiger partial charge is 0.495 e. The Hall–Kier alpha value is -1.04. The zero-order valence-corrected chi connectivity index (χ0v) is 15.0. The molecule has 0 aliphatic carbocycles. The SMILES string of the molecule is COc1c(Br)cc(Br)cc1CNc1ccccc1C(C)O. The zero-order chi connectivity index (χ0) is 15.4. The Morgan fingerprint density at radius 2 is 1.95 bits per heavy atom. The summed E-state index contributed by atoms with van der Waals surface area (Å²) in [6.07, 6.45) is -0.509. The van der Waals surface area contributed by atoms with E-state index in [-0.39, 0.29) is 0 Å². The van der Waals surface area contributed by atoms with Crippen molar-refractivity contribution in [2.24, 2.45) is 0 Å². The first kappa shape index (κ1) is 16.3. The molecule has 1 atom stereocenters. The lowest BCUT2D eigenvalue weighted by atomic mass is 10.1. The number of halogens is 2. The summed E-state index contributed by atoms with van der Waals surface area (Å²) in [5.41, 5.74) is 2.83. The number of ether oxygens (including phenoxy) is 1. The number of rotatable bonds is 5. The van der Waals surface area contributed by atoms with Crippen LogP contribution in [0.5, 0.6) is 5.75 Å². The molecule has 0 aromatic heterocycles. The van der Waals surface area contributed by atoms with E-state index in [9.17, 15) is 5.11 Å². The number of aliphatic hydroxyl groups is 1. The molecule has 0 aliphatic heterocycles. The minimum atomic E-state index is -0.509. The van der Waals surface area contributed by atoms with Crippen molar-refractivity contribution in [1.82, 2.24) is 0 Å². The lowest BCUT2D eigenvalue weighted by Crippen LogP contribution is -2.05. The second-order valence-electron chi connectivity index (χ2n) is 4.70. The zero-order valence-electron chi connectivity index (χ0n) is 11.9. The minimum absolute atomic E-state index is 0.509. The Morgan fingerprint density at radius 3 is 2.62 bits per heavy atom. The van der Waals surface area contributed by atoms with E-state index in [2.05, 4.69) is 37.2 Å². The summed E-state index contributed by atoms with van der Waals surface area (Å²) in [6, 6.07) is 11.7. The predicted octanol–water partition coefficient (Wildman–Crippen LogP) is 4.89. The highest BCUT2D eigenvalue weighted by Gasteiger charge is 2.11. The molecule has 5 heteroatoms. The van der Waals surface area contributed by atoms with Crippen molar-refractivity contribution in [2.75, 3.05) is 12.4 Å². The third-order valence-corrected chi connectivity index (χ3v) is 4.22. The molecule has 2 rings (SSSR count). The minimum Gasteiger partial charge on any atom is -0.495 e. The van der Waals surface area contributed by atoms with Crippen molar-refractivity contribution in [3.05, 3.63) is 56.5 Å². The van der Waals surface area contributed by atoms with Crippen molar-refractivity contribution in [3.8, 4) is 5.75 Å². The molecule has 2 aromatic rings. The van der Waals surface area contributed by atoms with Gasteiger partial charge in [0.05, 0.1) is 17.7 Å². The first-order valence-corrected chi connectivity index (χ1v) is 8.14. The fourth-order valence-corrected chi connectivity index (χ4v) is 3.66. The molecule has 0 saturated heterocycles. The second-order valence-corrected chi connectivity index (χ2v) is 6.47. The standard InChI is InChI=1S/C16H17Br2NO2/c1-10(20)13-5-3-4-6-15(13)19-9-11-7-12(17)8-14(18)16(11)21-2/h3-8,10,19-20H,9H2,1-2H3. The highest BCUT2D eigenvalue weighted by molar-refractivity contribution is 9.11. The second kappa shape index (κ2) is 7.29. The van der Waals surface area contributed by atoms with Gasteiger partial charge in [-0.05, 0) is 41.1 Å². The number of anilines is 1. The Labute approximate surface area is 141 Å². The third kappa shape index (κ3) is 3.99. The molecule has 0 radical (unpaired) electrons. The summed E-state index contributed by atoms with van der Waals surface area (Å²) in [7, 11) is 1.65. The van der Waals surface area contributed by atoms with Crippen LogP contribution in [0.3, 0.4) is 0 Å². The van der Waals surface area contributed by atoms with Crippen molar-refractivity contribution >= 4 is 37.5 Å². The molecule has 2 aromatic carbocycles. The Bertz CT molecular complexity index is 630. The highest BCUT2D eigenvalue weighted by Crippen LogP contribution is 2.33. The number of aliphatic hydroxyl groups excluding tert-OH is 1. The molecule has 0 fully saturated rings. The summed E-state index contributed by atoms with van der Waals surface area (Å²) in [5.74, 6) is 0.806. The molecule has 1 unspecified atom stereocenters. The van der Waals surface area contributed by atoms with Gasteiger partial charge in [0.2, 0.25) is 0 Å². The fraction of sp³-hybridized carbons (Fsp3) is 0.250. The third-order valence-electron chi connectivity index (χ3n) is 3.17. The summed E-state index contributed by atoms with van der Waals surface area (Å²) >= 11 is 6.99. The summed E-state index contributed by atoms with van der Waals surface area (Å²) in [4.78, 5) is 0. The van der Waals surface area contributed by atoms with Crippen LogP contribution in [-0.4, -0.2) is 12.2 Å². The summed E-state index contributed by atoms with van der Waals surface area (Å²) < 4.78 is 7.33. The van der Waals surface area contributed by atoms with Gasteiger partial charge in [-0.25, -0.2) is 0 Å². The van der Waals surface area contributed by atoms with Crippen molar-refractivity contribution in [1.29, 1.82) is 0 Å². The number of hydrogen-bond acceptors (Lipinski definition) is 3. The van der Waals surface area contributed by atoms with Gasteiger partial charge < -0.3 is 15.2 Å². The van der Waals surface area contributed by atoms with Crippen LogP contribution in [0.1, 0.15) is 24.2 Å². The molecule has 0 spiro atoms.